The summed E-state index contributed by atoms with van der Waals surface area (Å²) in [5, 5.41) is 15.3. The maximum atomic E-state index is 13.1. The summed E-state index contributed by atoms with van der Waals surface area (Å²) < 4.78 is 7.32. The van der Waals surface area contributed by atoms with Crippen molar-refractivity contribution in [2.75, 3.05) is 17.7 Å². The van der Waals surface area contributed by atoms with Gasteiger partial charge in [-0.2, -0.15) is 0 Å². The minimum absolute atomic E-state index is 0.133. The van der Waals surface area contributed by atoms with E-state index in [0.29, 0.717) is 28.9 Å². The molecule has 1 N–H and O–H groups in total. The second-order valence-electron chi connectivity index (χ2n) is 9.62. The third-order valence-corrected chi connectivity index (χ3v) is 9.91. The van der Waals surface area contributed by atoms with E-state index in [1.54, 1.807) is 18.3 Å². The zero-order valence-corrected chi connectivity index (χ0v) is 25.4. The van der Waals surface area contributed by atoms with Crippen LogP contribution in [0.5, 0.6) is 0 Å². The van der Waals surface area contributed by atoms with Crippen LogP contribution in [-0.2, 0) is 28.9 Å². The van der Waals surface area contributed by atoms with Gasteiger partial charge in [-0.3, -0.25) is 9.36 Å². The number of fused-ring (bicyclic) bond motifs is 1. The summed E-state index contributed by atoms with van der Waals surface area (Å²) in [6.07, 6.45) is 5.71. The molecule has 0 aliphatic heterocycles. The van der Waals surface area contributed by atoms with E-state index in [2.05, 4.69) is 65.6 Å². The highest BCUT2D eigenvalue weighted by Crippen LogP contribution is 2.40. The van der Waals surface area contributed by atoms with Crippen LogP contribution in [0.4, 0.5) is 5.00 Å². The van der Waals surface area contributed by atoms with Gasteiger partial charge in [0.05, 0.1) is 17.9 Å². The maximum absolute atomic E-state index is 13.1. The molecule has 0 spiro atoms. The summed E-state index contributed by atoms with van der Waals surface area (Å²) in [6, 6.07) is 8.49. The smallest absolute Gasteiger partial charge is 0.341 e. The molecule has 1 aliphatic rings. The van der Waals surface area contributed by atoms with Crippen molar-refractivity contribution in [1.82, 2.24) is 14.8 Å². The van der Waals surface area contributed by atoms with Crippen molar-refractivity contribution in [3.05, 3.63) is 68.7 Å². The molecule has 0 saturated carbocycles. The Bertz CT molecular complexity index is 1550. The van der Waals surface area contributed by atoms with E-state index in [1.807, 2.05) is 10.6 Å². The summed E-state index contributed by atoms with van der Waals surface area (Å²) in [4.78, 5) is 28.2. The monoisotopic (exact) mass is 592 g/mol. The Morgan fingerprint density at radius 2 is 1.95 bits per heavy atom. The van der Waals surface area contributed by atoms with Crippen molar-refractivity contribution in [3.8, 4) is 22.5 Å². The Morgan fingerprint density at radius 1 is 1.18 bits per heavy atom. The number of nitrogens with one attached hydrogen (secondary N) is 1. The van der Waals surface area contributed by atoms with E-state index >= 15 is 0 Å². The minimum Gasteiger partial charge on any atom is -0.462 e. The quantitative estimate of drug-likeness (QED) is 0.118. The average molecular weight is 593 g/mol. The van der Waals surface area contributed by atoms with E-state index < -0.39 is 0 Å². The largest absolute Gasteiger partial charge is 0.462 e. The highest BCUT2D eigenvalue weighted by molar-refractivity contribution is 7.99. The third kappa shape index (κ3) is 5.80. The fourth-order valence-electron chi connectivity index (χ4n) is 4.95. The van der Waals surface area contributed by atoms with Gasteiger partial charge in [0, 0.05) is 32.8 Å². The lowest BCUT2D eigenvalue weighted by molar-refractivity contribution is -0.113. The van der Waals surface area contributed by atoms with Crippen molar-refractivity contribution >= 4 is 51.3 Å². The summed E-state index contributed by atoms with van der Waals surface area (Å²) in [5.41, 5.74) is 6.06. The molecule has 10 heteroatoms. The van der Waals surface area contributed by atoms with E-state index in [0.717, 1.165) is 53.8 Å². The van der Waals surface area contributed by atoms with Gasteiger partial charge in [-0.1, -0.05) is 47.7 Å². The predicted molar refractivity (Wildman–Crippen MR) is 165 cm³/mol. The highest BCUT2D eigenvalue weighted by Gasteiger charge is 2.27. The highest BCUT2D eigenvalue weighted by atomic mass is 32.2. The van der Waals surface area contributed by atoms with Crippen LogP contribution in [0.1, 0.15) is 51.0 Å². The molecule has 7 nitrogen and oxygen atoms in total. The molecular weight excluding hydrogens is 561 g/mol. The molecule has 1 amide bonds. The maximum Gasteiger partial charge on any atom is 0.341 e. The molecule has 0 radical (unpaired) electrons. The van der Waals surface area contributed by atoms with Crippen LogP contribution in [-0.4, -0.2) is 39.0 Å². The van der Waals surface area contributed by atoms with Crippen LogP contribution in [0.25, 0.3) is 22.5 Å². The van der Waals surface area contributed by atoms with Gasteiger partial charge < -0.3 is 10.1 Å². The van der Waals surface area contributed by atoms with Crippen molar-refractivity contribution in [1.29, 1.82) is 0 Å². The van der Waals surface area contributed by atoms with Crippen molar-refractivity contribution in [3.63, 3.8) is 0 Å². The SMILES string of the molecule is C=CCn1c(SCC(=O)Nc2sc3c(c2C(=O)OCC)CCCC3)nnc1-c1csc(C)c1-c1ccc(C)cc1. The number of hydrogen-bond donors (Lipinski definition) is 1. The fourth-order valence-corrected chi connectivity index (χ4v) is 7.86. The first-order valence-corrected chi connectivity index (χ1v) is 16.0. The minimum atomic E-state index is -0.365. The molecule has 0 bridgehead atoms. The number of ether oxygens (including phenoxy) is 1. The Labute approximate surface area is 246 Å². The van der Waals surface area contributed by atoms with Gasteiger partial charge in [0.25, 0.3) is 0 Å². The van der Waals surface area contributed by atoms with Gasteiger partial charge in [0.2, 0.25) is 5.91 Å². The molecule has 5 rings (SSSR count). The van der Waals surface area contributed by atoms with Gasteiger partial charge >= 0.3 is 5.97 Å². The first kappa shape index (κ1) is 28.3. The summed E-state index contributed by atoms with van der Waals surface area (Å²) in [7, 11) is 0. The number of amides is 1. The molecule has 1 aromatic carbocycles. The standard InChI is InChI=1S/C30H32N4O3S3/c1-5-15-34-27(22-16-38-19(4)25(22)20-13-11-18(3)12-14-20)32-33-30(34)39-17-24(35)31-28-26(29(36)37-6-2)21-9-7-8-10-23(21)40-28/h5,11-14,16H,1,6-10,15,17H2,2-4H3,(H,31,35). The first-order valence-electron chi connectivity index (χ1n) is 13.3. The second kappa shape index (κ2) is 12.5. The first-order chi connectivity index (χ1) is 19.4. The fraction of sp³-hybridized carbons (Fsp3) is 0.333. The van der Waals surface area contributed by atoms with Gasteiger partial charge in [-0.25, -0.2) is 4.79 Å². The molecule has 0 saturated heterocycles. The topological polar surface area (TPSA) is 86.1 Å². The number of benzene rings is 1. The summed E-state index contributed by atoms with van der Waals surface area (Å²) in [6.45, 7) is 10.7. The Morgan fingerprint density at radius 3 is 2.70 bits per heavy atom. The normalized spacial score (nSPS) is 12.7. The van der Waals surface area contributed by atoms with Gasteiger partial charge in [0.1, 0.15) is 5.00 Å². The van der Waals surface area contributed by atoms with Crippen molar-refractivity contribution < 1.29 is 14.3 Å². The van der Waals surface area contributed by atoms with Crippen LogP contribution in [0.3, 0.4) is 0 Å². The van der Waals surface area contributed by atoms with Crippen LogP contribution in [0, 0.1) is 13.8 Å². The molecule has 0 atom stereocenters. The number of carbonyl (C=O) groups excluding carboxylic acids is 2. The number of hydrogen-bond acceptors (Lipinski definition) is 8. The number of thiophene rings is 2. The number of allylic oxidation sites excluding steroid dienone is 1. The summed E-state index contributed by atoms with van der Waals surface area (Å²) in [5.74, 6) is 0.317. The third-order valence-electron chi connectivity index (χ3n) is 6.82. The van der Waals surface area contributed by atoms with E-state index in [-0.39, 0.29) is 17.6 Å². The molecule has 40 heavy (non-hydrogen) atoms. The Balaban J connectivity index is 1.37. The molecule has 4 aromatic rings. The summed E-state index contributed by atoms with van der Waals surface area (Å²) >= 11 is 4.50. The predicted octanol–water partition coefficient (Wildman–Crippen LogP) is 7.32. The van der Waals surface area contributed by atoms with Crippen LogP contribution >= 0.6 is 34.4 Å². The average Bonchev–Trinajstić information content (AvgIpc) is 3.63. The van der Waals surface area contributed by atoms with E-state index in [1.165, 1.54) is 38.4 Å². The van der Waals surface area contributed by atoms with Gasteiger partial charge in [0.15, 0.2) is 11.0 Å². The molecule has 3 heterocycles. The molecular formula is C30H32N4O3S3. The lowest BCUT2D eigenvalue weighted by Crippen LogP contribution is -2.17. The number of aryl methyl sites for hydroxylation is 3. The van der Waals surface area contributed by atoms with Crippen molar-refractivity contribution in [2.45, 2.75) is 58.2 Å². The van der Waals surface area contributed by atoms with Crippen LogP contribution in [0.2, 0.25) is 0 Å². The van der Waals surface area contributed by atoms with Crippen molar-refractivity contribution in [2.24, 2.45) is 0 Å². The number of carbonyl (C=O) groups is 2. The number of rotatable bonds is 10. The second-order valence-corrected chi connectivity index (χ2v) is 12.8. The number of thioether (sulfide) groups is 1. The van der Waals surface area contributed by atoms with E-state index in [4.69, 9.17) is 4.74 Å². The zero-order valence-electron chi connectivity index (χ0n) is 22.9. The lowest BCUT2D eigenvalue weighted by atomic mass is 9.95. The molecule has 0 fully saturated rings. The zero-order chi connectivity index (χ0) is 28.2. The molecule has 0 unspecified atom stereocenters. The Kier molecular flexibility index (Phi) is 8.87. The van der Waals surface area contributed by atoms with Gasteiger partial charge in [-0.05, 0) is 57.6 Å². The van der Waals surface area contributed by atoms with Gasteiger partial charge in [-0.15, -0.1) is 39.4 Å². The Hall–Kier alpha value is -3.21. The number of anilines is 1. The molecule has 1 aliphatic carbocycles. The molecule has 208 valence electrons. The number of esters is 1. The number of aromatic nitrogens is 3. The number of nitrogens with zero attached hydrogens (tertiary/aromatic N) is 3. The van der Waals surface area contributed by atoms with Crippen LogP contribution < -0.4 is 5.32 Å². The van der Waals surface area contributed by atoms with Crippen LogP contribution in [0.15, 0.2) is 47.5 Å². The van der Waals surface area contributed by atoms with E-state index in [9.17, 15) is 9.59 Å². The lowest BCUT2D eigenvalue weighted by Gasteiger charge is -2.12. The molecule has 3 aromatic heterocycles.